The van der Waals surface area contributed by atoms with Crippen molar-refractivity contribution < 1.29 is 12.8 Å². The lowest BCUT2D eigenvalue weighted by Gasteiger charge is -2.18. The highest BCUT2D eigenvalue weighted by atomic mass is 79.9. The van der Waals surface area contributed by atoms with Gasteiger partial charge in [-0.1, -0.05) is 15.9 Å². The number of nitrogens with zero attached hydrogens (tertiary/aromatic N) is 1. The molecule has 1 aliphatic heterocycles. The molecule has 1 unspecified atom stereocenters. The second-order valence-corrected chi connectivity index (χ2v) is 7.60. The highest BCUT2D eigenvalue weighted by molar-refractivity contribution is 9.09. The minimum absolute atomic E-state index is 0.216. The first-order valence-electron chi connectivity index (χ1n) is 6.27. The summed E-state index contributed by atoms with van der Waals surface area (Å²) >= 11 is 3.38. The van der Waals surface area contributed by atoms with Crippen molar-refractivity contribution in [2.24, 2.45) is 5.92 Å². The third-order valence-corrected chi connectivity index (χ3v) is 6.00. The molecule has 1 aliphatic rings. The van der Waals surface area contributed by atoms with Gasteiger partial charge in [-0.05, 0) is 49.4 Å². The van der Waals surface area contributed by atoms with Gasteiger partial charge < -0.3 is 0 Å². The summed E-state index contributed by atoms with van der Waals surface area (Å²) in [5.41, 5.74) is 0.462. The molecule has 1 aromatic carbocycles. The second kappa shape index (κ2) is 5.89. The van der Waals surface area contributed by atoms with E-state index in [4.69, 9.17) is 0 Å². The molecule has 1 saturated heterocycles. The standard InChI is InChI=1S/C13H17BrFNO2S/c1-10-8-12(15)2-3-13(10)19(17,18)16-7-5-11(9-16)4-6-14/h2-3,8,11H,4-7,9H2,1H3. The lowest BCUT2D eigenvalue weighted by Crippen LogP contribution is -2.29. The molecular formula is C13H17BrFNO2S. The maximum atomic E-state index is 13.1. The maximum absolute atomic E-state index is 13.1. The van der Waals surface area contributed by atoms with Crippen LogP contribution in [0.25, 0.3) is 0 Å². The third-order valence-electron chi connectivity index (χ3n) is 3.52. The zero-order valence-electron chi connectivity index (χ0n) is 10.8. The van der Waals surface area contributed by atoms with Crippen molar-refractivity contribution in [3.63, 3.8) is 0 Å². The number of hydrogen-bond donors (Lipinski definition) is 0. The van der Waals surface area contributed by atoms with Crippen LogP contribution < -0.4 is 0 Å². The first-order valence-corrected chi connectivity index (χ1v) is 8.83. The summed E-state index contributed by atoms with van der Waals surface area (Å²) in [5, 5.41) is 0.890. The Morgan fingerprint density at radius 1 is 1.47 bits per heavy atom. The molecule has 0 aromatic heterocycles. The number of alkyl halides is 1. The van der Waals surface area contributed by atoms with Crippen molar-refractivity contribution in [3.8, 4) is 0 Å². The van der Waals surface area contributed by atoms with Gasteiger partial charge in [-0.25, -0.2) is 12.8 Å². The zero-order chi connectivity index (χ0) is 14.0. The van der Waals surface area contributed by atoms with Crippen LogP contribution in [0.1, 0.15) is 18.4 Å². The van der Waals surface area contributed by atoms with Crippen LogP contribution in [0, 0.1) is 18.7 Å². The molecule has 0 radical (unpaired) electrons. The Hall–Kier alpha value is -0.460. The van der Waals surface area contributed by atoms with Crippen LogP contribution in [0.5, 0.6) is 0 Å². The van der Waals surface area contributed by atoms with E-state index in [1.165, 1.54) is 22.5 Å². The minimum atomic E-state index is -3.49. The van der Waals surface area contributed by atoms with Crippen LogP contribution in [-0.4, -0.2) is 31.1 Å². The van der Waals surface area contributed by atoms with Gasteiger partial charge in [0.15, 0.2) is 0 Å². The number of halogens is 2. The average molecular weight is 350 g/mol. The molecule has 0 spiro atoms. The molecular weight excluding hydrogens is 333 g/mol. The van der Waals surface area contributed by atoms with Crippen LogP contribution in [0.2, 0.25) is 0 Å². The van der Waals surface area contributed by atoms with Gasteiger partial charge >= 0.3 is 0 Å². The molecule has 19 heavy (non-hydrogen) atoms. The first-order chi connectivity index (χ1) is 8.95. The van der Waals surface area contributed by atoms with Crippen molar-refractivity contribution in [1.29, 1.82) is 0 Å². The van der Waals surface area contributed by atoms with E-state index in [-0.39, 0.29) is 4.90 Å². The summed E-state index contributed by atoms with van der Waals surface area (Å²) in [4.78, 5) is 0.216. The van der Waals surface area contributed by atoms with Crippen LogP contribution in [0.4, 0.5) is 4.39 Å². The summed E-state index contributed by atoms with van der Waals surface area (Å²) in [6.45, 7) is 2.74. The van der Waals surface area contributed by atoms with Gasteiger partial charge in [0, 0.05) is 18.4 Å². The number of sulfonamides is 1. The van der Waals surface area contributed by atoms with E-state index < -0.39 is 15.8 Å². The van der Waals surface area contributed by atoms with Crippen LogP contribution >= 0.6 is 15.9 Å². The van der Waals surface area contributed by atoms with Crippen molar-refractivity contribution in [2.45, 2.75) is 24.7 Å². The predicted octanol–water partition coefficient (Wildman–Crippen LogP) is 2.93. The SMILES string of the molecule is Cc1cc(F)ccc1S(=O)(=O)N1CCC(CCBr)C1. The molecule has 106 valence electrons. The molecule has 1 aromatic rings. The Balaban J connectivity index is 2.23. The van der Waals surface area contributed by atoms with Gasteiger partial charge in [-0.15, -0.1) is 0 Å². The zero-order valence-corrected chi connectivity index (χ0v) is 13.2. The molecule has 0 saturated carbocycles. The lowest BCUT2D eigenvalue weighted by atomic mass is 10.1. The van der Waals surface area contributed by atoms with E-state index in [0.29, 0.717) is 24.6 Å². The van der Waals surface area contributed by atoms with Crippen LogP contribution in [0.15, 0.2) is 23.1 Å². The summed E-state index contributed by atoms with van der Waals surface area (Å²) in [7, 11) is -3.49. The Morgan fingerprint density at radius 2 is 2.21 bits per heavy atom. The van der Waals surface area contributed by atoms with E-state index in [1.807, 2.05) is 0 Å². The van der Waals surface area contributed by atoms with Crippen molar-refractivity contribution in [3.05, 3.63) is 29.6 Å². The topological polar surface area (TPSA) is 37.4 Å². The van der Waals surface area contributed by atoms with Crippen molar-refractivity contribution in [2.75, 3.05) is 18.4 Å². The molecule has 1 heterocycles. The molecule has 3 nitrogen and oxygen atoms in total. The largest absolute Gasteiger partial charge is 0.243 e. The third kappa shape index (κ3) is 3.17. The smallest absolute Gasteiger partial charge is 0.207 e. The molecule has 0 N–H and O–H groups in total. The second-order valence-electron chi connectivity index (χ2n) is 4.91. The van der Waals surface area contributed by atoms with Crippen LogP contribution in [0.3, 0.4) is 0 Å². The summed E-state index contributed by atoms with van der Waals surface area (Å²) in [5.74, 6) is 0.00458. The van der Waals surface area contributed by atoms with Gasteiger partial charge in [0.1, 0.15) is 5.82 Å². The number of rotatable bonds is 4. The van der Waals surface area contributed by atoms with Crippen molar-refractivity contribution >= 4 is 26.0 Å². The monoisotopic (exact) mass is 349 g/mol. The normalized spacial score (nSPS) is 20.9. The van der Waals surface area contributed by atoms with Gasteiger partial charge in [-0.3, -0.25) is 0 Å². The molecule has 1 fully saturated rings. The molecule has 0 aliphatic carbocycles. The first kappa shape index (κ1) is 14.9. The van der Waals surface area contributed by atoms with E-state index in [2.05, 4.69) is 15.9 Å². The fourth-order valence-corrected chi connectivity index (χ4v) is 4.83. The molecule has 0 bridgehead atoms. The molecule has 6 heteroatoms. The Labute approximate surface area is 122 Å². The predicted molar refractivity (Wildman–Crippen MR) is 76.4 cm³/mol. The van der Waals surface area contributed by atoms with E-state index in [0.717, 1.165) is 18.2 Å². The molecule has 0 amide bonds. The molecule has 2 rings (SSSR count). The summed E-state index contributed by atoms with van der Waals surface area (Å²) < 4.78 is 39.6. The van der Waals surface area contributed by atoms with Crippen molar-refractivity contribution in [1.82, 2.24) is 4.31 Å². The maximum Gasteiger partial charge on any atom is 0.243 e. The Morgan fingerprint density at radius 3 is 2.84 bits per heavy atom. The number of hydrogen-bond acceptors (Lipinski definition) is 2. The Bertz CT molecular complexity index is 562. The lowest BCUT2D eigenvalue weighted by molar-refractivity contribution is 0.453. The van der Waals surface area contributed by atoms with Gasteiger partial charge in [0.25, 0.3) is 0 Å². The van der Waals surface area contributed by atoms with Gasteiger partial charge in [0.2, 0.25) is 10.0 Å². The van der Waals surface area contributed by atoms with E-state index in [9.17, 15) is 12.8 Å². The highest BCUT2D eigenvalue weighted by Crippen LogP contribution is 2.28. The number of benzene rings is 1. The van der Waals surface area contributed by atoms with Gasteiger partial charge in [-0.2, -0.15) is 4.31 Å². The fraction of sp³-hybridized carbons (Fsp3) is 0.538. The van der Waals surface area contributed by atoms with Crippen LogP contribution in [-0.2, 0) is 10.0 Å². The molecule has 1 atom stereocenters. The summed E-state index contributed by atoms with van der Waals surface area (Å²) in [6, 6.07) is 3.82. The number of aryl methyl sites for hydroxylation is 1. The Kier molecular flexibility index (Phi) is 4.63. The van der Waals surface area contributed by atoms with Gasteiger partial charge in [0.05, 0.1) is 4.90 Å². The quantitative estimate of drug-likeness (QED) is 0.783. The highest BCUT2D eigenvalue weighted by Gasteiger charge is 2.32. The minimum Gasteiger partial charge on any atom is -0.207 e. The van der Waals surface area contributed by atoms with E-state index >= 15 is 0 Å². The summed E-state index contributed by atoms with van der Waals surface area (Å²) in [6.07, 6.45) is 1.87. The fourth-order valence-electron chi connectivity index (χ4n) is 2.45. The van der Waals surface area contributed by atoms with E-state index in [1.54, 1.807) is 6.92 Å². The average Bonchev–Trinajstić information content (AvgIpc) is 2.78.